The molecule has 4 rings (SSSR count). The Morgan fingerprint density at radius 3 is 2.52 bits per heavy atom. The van der Waals surface area contributed by atoms with Crippen molar-refractivity contribution in [2.45, 2.75) is 82.6 Å². The van der Waals surface area contributed by atoms with E-state index in [9.17, 15) is 8.42 Å². The molecule has 0 aliphatic carbocycles. The number of benzene rings is 1. The molecule has 0 amide bonds. The monoisotopic (exact) mass is 589 g/mol. The van der Waals surface area contributed by atoms with Crippen LogP contribution in [0.3, 0.4) is 0 Å². The minimum atomic E-state index is -3.64. The summed E-state index contributed by atoms with van der Waals surface area (Å²) >= 11 is 6.44. The number of halogens is 1. The van der Waals surface area contributed by atoms with Gasteiger partial charge in [0.25, 0.3) is 0 Å². The number of nitrogens with one attached hydrogen (secondary N) is 3. The summed E-state index contributed by atoms with van der Waals surface area (Å²) in [7, 11) is -1.97. The van der Waals surface area contributed by atoms with Gasteiger partial charge in [-0.3, -0.25) is 4.68 Å². The van der Waals surface area contributed by atoms with Crippen molar-refractivity contribution in [3.8, 4) is 5.75 Å². The summed E-state index contributed by atoms with van der Waals surface area (Å²) in [6.07, 6.45) is 7.23. The quantitative estimate of drug-likeness (QED) is 0.257. The van der Waals surface area contributed by atoms with Crippen LogP contribution in [0.4, 0.5) is 23.1 Å². The van der Waals surface area contributed by atoms with Crippen LogP contribution in [0.15, 0.2) is 29.6 Å². The standard InChI is InChI=1S/C28H40ClN7O3S/c1-7-8-20-13-23(25(39-17(2)3)14-21(20)19-9-11-30-12-10-19)33-28-31-15-22(29)26(34-28)32-24-16-36(6)35-27(24)40(37,38)18(4)5/h13-19,30H,7-12H2,1-6H3,(H2,31,32,33,34). The molecule has 1 fully saturated rings. The molecule has 40 heavy (non-hydrogen) atoms. The van der Waals surface area contributed by atoms with E-state index in [-0.39, 0.29) is 22.0 Å². The van der Waals surface area contributed by atoms with Gasteiger partial charge in [-0.15, -0.1) is 0 Å². The lowest BCUT2D eigenvalue weighted by Gasteiger charge is -2.27. The van der Waals surface area contributed by atoms with Gasteiger partial charge in [0, 0.05) is 13.2 Å². The first-order valence-corrected chi connectivity index (χ1v) is 15.8. The van der Waals surface area contributed by atoms with E-state index in [0.717, 1.165) is 50.2 Å². The van der Waals surface area contributed by atoms with Crippen LogP contribution in [0.1, 0.15) is 70.9 Å². The Balaban J connectivity index is 1.70. The van der Waals surface area contributed by atoms with Gasteiger partial charge in [-0.2, -0.15) is 10.1 Å². The largest absolute Gasteiger partial charge is 0.489 e. The first-order valence-electron chi connectivity index (χ1n) is 13.9. The number of aryl methyl sites for hydroxylation is 2. The lowest BCUT2D eigenvalue weighted by molar-refractivity contribution is 0.243. The van der Waals surface area contributed by atoms with E-state index in [1.165, 1.54) is 22.0 Å². The van der Waals surface area contributed by atoms with Crippen molar-refractivity contribution in [2.24, 2.45) is 7.05 Å². The maximum Gasteiger partial charge on any atom is 0.229 e. The second kappa shape index (κ2) is 12.7. The number of piperidine rings is 1. The fraction of sp³-hybridized carbons (Fsp3) is 0.536. The van der Waals surface area contributed by atoms with Crippen molar-refractivity contribution >= 4 is 44.6 Å². The zero-order valence-electron chi connectivity index (χ0n) is 24.1. The summed E-state index contributed by atoms with van der Waals surface area (Å²) in [6.45, 7) is 11.5. The summed E-state index contributed by atoms with van der Waals surface area (Å²) < 4.78 is 33.5. The van der Waals surface area contributed by atoms with E-state index >= 15 is 0 Å². The summed E-state index contributed by atoms with van der Waals surface area (Å²) in [5.74, 6) is 1.80. The molecule has 1 aliphatic rings. The lowest BCUT2D eigenvalue weighted by atomic mass is 9.85. The maximum atomic E-state index is 12.9. The fourth-order valence-electron chi connectivity index (χ4n) is 4.84. The molecule has 0 atom stereocenters. The topological polar surface area (TPSA) is 123 Å². The summed E-state index contributed by atoms with van der Waals surface area (Å²) in [5, 5.41) is 13.6. The Kier molecular flexibility index (Phi) is 9.58. The Bertz CT molecular complexity index is 1430. The number of anilines is 4. The van der Waals surface area contributed by atoms with E-state index < -0.39 is 15.1 Å². The number of aromatic nitrogens is 4. The molecule has 3 N–H and O–H groups in total. The third kappa shape index (κ3) is 6.87. The van der Waals surface area contributed by atoms with Crippen LogP contribution in [0.2, 0.25) is 5.02 Å². The Hall–Kier alpha value is -2.89. The highest BCUT2D eigenvalue weighted by atomic mass is 35.5. The molecule has 2 aromatic heterocycles. The highest BCUT2D eigenvalue weighted by Crippen LogP contribution is 2.38. The first-order chi connectivity index (χ1) is 19.0. The molecule has 218 valence electrons. The maximum absolute atomic E-state index is 12.9. The Morgan fingerprint density at radius 2 is 1.88 bits per heavy atom. The van der Waals surface area contributed by atoms with E-state index in [2.05, 4.69) is 50.1 Å². The SMILES string of the molecule is CCCc1cc(Nc2ncc(Cl)c(Nc3cn(C)nc3S(=O)(=O)C(C)C)n2)c(OC(C)C)cc1C1CCNCC1. The van der Waals surface area contributed by atoms with E-state index in [0.29, 0.717) is 17.6 Å². The van der Waals surface area contributed by atoms with Gasteiger partial charge < -0.3 is 20.7 Å². The molecule has 10 nitrogen and oxygen atoms in total. The van der Waals surface area contributed by atoms with Crippen LogP contribution in [0, 0.1) is 0 Å². The number of nitrogens with zero attached hydrogens (tertiary/aromatic N) is 4. The zero-order valence-corrected chi connectivity index (χ0v) is 25.7. The second-order valence-electron chi connectivity index (χ2n) is 10.7. The molecule has 0 unspecified atom stereocenters. The molecule has 0 radical (unpaired) electrons. The average Bonchev–Trinajstić information content (AvgIpc) is 3.28. The number of sulfone groups is 1. The van der Waals surface area contributed by atoms with Crippen molar-refractivity contribution in [3.63, 3.8) is 0 Å². The third-order valence-corrected chi connectivity index (χ3v) is 9.19. The molecule has 12 heteroatoms. The summed E-state index contributed by atoms with van der Waals surface area (Å²) in [6, 6.07) is 4.33. The molecule has 0 saturated carbocycles. The Labute approximate surface area is 242 Å². The third-order valence-electron chi connectivity index (χ3n) is 6.83. The second-order valence-corrected chi connectivity index (χ2v) is 13.6. The molecule has 0 spiro atoms. The predicted molar refractivity (Wildman–Crippen MR) is 160 cm³/mol. The van der Waals surface area contributed by atoms with Crippen molar-refractivity contribution in [2.75, 3.05) is 23.7 Å². The van der Waals surface area contributed by atoms with Gasteiger partial charge >= 0.3 is 0 Å². The van der Waals surface area contributed by atoms with Crippen LogP contribution >= 0.6 is 11.6 Å². The first kappa shape index (κ1) is 30.1. The van der Waals surface area contributed by atoms with Crippen molar-refractivity contribution in [1.82, 2.24) is 25.1 Å². The number of ether oxygens (including phenoxy) is 1. The van der Waals surface area contributed by atoms with Gasteiger partial charge in [0.15, 0.2) is 5.82 Å². The fourth-order valence-corrected chi connectivity index (χ4v) is 6.08. The Morgan fingerprint density at radius 1 is 1.15 bits per heavy atom. The van der Waals surface area contributed by atoms with Crippen LogP contribution in [0.5, 0.6) is 5.75 Å². The number of rotatable bonds is 11. The van der Waals surface area contributed by atoms with Gasteiger partial charge in [-0.1, -0.05) is 24.9 Å². The smallest absolute Gasteiger partial charge is 0.229 e. The molecule has 1 aromatic carbocycles. The van der Waals surface area contributed by atoms with Crippen LogP contribution in [-0.2, 0) is 23.3 Å². The highest BCUT2D eigenvalue weighted by molar-refractivity contribution is 7.92. The molecular formula is C28H40ClN7O3S. The lowest BCUT2D eigenvalue weighted by Crippen LogP contribution is -2.27. The average molecular weight is 590 g/mol. The molecular weight excluding hydrogens is 550 g/mol. The molecule has 1 aliphatic heterocycles. The molecule has 3 aromatic rings. The van der Waals surface area contributed by atoms with E-state index in [4.69, 9.17) is 16.3 Å². The van der Waals surface area contributed by atoms with Crippen LogP contribution in [0.25, 0.3) is 0 Å². The summed E-state index contributed by atoms with van der Waals surface area (Å²) in [4.78, 5) is 8.98. The zero-order chi connectivity index (χ0) is 29.0. The number of hydrogen-bond donors (Lipinski definition) is 3. The molecule has 0 bridgehead atoms. The van der Waals surface area contributed by atoms with Gasteiger partial charge in [-0.05, 0) is 89.2 Å². The van der Waals surface area contributed by atoms with Crippen molar-refractivity contribution in [1.29, 1.82) is 0 Å². The van der Waals surface area contributed by atoms with Gasteiger partial charge in [0.05, 0.1) is 28.9 Å². The van der Waals surface area contributed by atoms with Crippen molar-refractivity contribution in [3.05, 3.63) is 40.7 Å². The summed E-state index contributed by atoms with van der Waals surface area (Å²) in [5.41, 5.74) is 3.70. The number of hydrogen-bond acceptors (Lipinski definition) is 9. The van der Waals surface area contributed by atoms with Crippen LogP contribution in [-0.4, -0.2) is 52.6 Å². The van der Waals surface area contributed by atoms with E-state index in [1.54, 1.807) is 27.1 Å². The molecule has 1 saturated heterocycles. The van der Waals surface area contributed by atoms with Crippen LogP contribution < -0.4 is 20.7 Å². The van der Waals surface area contributed by atoms with Gasteiger partial charge in [0.1, 0.15) is 10.8 Å². The molecule has 3 heterocycles. The highest BCUT2D eigenvalue weighted by Gasteiger charge is 2.27. The van der Waals surface area contributed by atoms with Gasteiger partial charge in [-0.25, -0.2) is 13.4 Å². The predicted octanol–water partition coefficient (Wildman–Crippen LogP) is 5.74. The minimum absolute atomic E-state index is 0.0197. The van der Waals surface area contributed by atoms with Gasteiger partial charge in [0.2, 0.25) is 20.8 Å². The normalized spacial score (nSPS) is 14.6. The van der Waals surface area contributed by atoms with E-state index in [1.807, 2.05) is 13.8 Å². The minimum Gasteiger partial charge on any atom is -0.489 e. The van der Waals surface area contributed by atoms with Crippen molar-refractivity contribution < 1.29 is 13.2 Å².